The molecule has 13 heavy (non-hydrogen) atoms. The second kappa shape index (κ2) is 2.79. The highest BCUT2D eigenvalue weighted by molar-refractivity contribution is 6.32. The molecule has 1 aromatic carbocycles. The van der Waals surface area contributed by atoms with Crippen LogP contribution in [0.15, 0.2) is 18.3 Å². The van der Waals surface area contributed by atoms with Crippen LogP contribution in [0.3, 0.4) is 0 Å². The molecule has 1 aromatic heterocycles. The summed E-state index contributed by atoms with van der Waals surface area (Å²) in [4.78, 5) is 3.03. The molecule has 1 heterocycles. The molecule has 2 nitrogen and oxygen atoms in total. The summed E-state index contributed by atoms with van der Waals surface area (Å²) < 4.78 is 0. The maximum Gasteiger partial charge on any atom is 0.101 e. The number of hydrogen-bond donors (Lipinski definition) is 1. The molecular formula is C10H7ClN2. The summed E-state index contributed by atoms with van der Waals surface area (Å²) in [5.41, 5.74) is 2.61. The molecule has 0 radical (unpaired) electrons. The smallest absolute Gasteiger partial charge is 0.101 e. The maximum atomic E-state index is 8.77. The zero-order valence-corrected chi connectivity index (χ0v) is 7.81. The molecule has 0 aliphatic carbocycles. The van der Waals surface area contributed by atoms with E-state index in [0.717, 1.165) is 16.5 Å². The first-order valence-electron chi connectivity index (χ1n) is 3.89. The predicted octanol–water partition coefficient (Wildman–Crippen LogP) is 3.00. The third-order valence-corrected chi connectivity index (χ3v) is 2.49. The summed E-state index contributed by atoms with van der Waals surface area (Å²) in [6, 6.07) is 5.87. The van der Waals surface area contributed by atoms with Gasteiger partial charge in [-0.15, -0.1) is 0 Å². The van der Waals surface area contributed by atoms with Gasteiger partial charge in [-0.05, 0) is 24.6 Å². The van der Waals surface area contributed by atoms with Crippen LogP contribution in [-0.4, -0.2) is 4.98 Å². The third kappa shape index (κ3) is 1.18. The molecule has 0 aliphatic rings. The van der Waals surface area contributed by atoms with Gasteiger partial charge in [-0.2, -0.15) is 5.26 Å². The third-order valence-electron chi connectivity index (χ3n) is 2.08. The number of hydrogen-bond acceptors (Lipinski definition) is 1. The van der Waals surface area contributed by atoms with Crippen molar-refractivity contribution < 1.29 is 0 Å². The standard InChI is InChI=1S/C10H7ClN2/c1-6-2-10-8(3-9(6)11)7(4-12)5-13-10/h2-3,5,13H,1H3. The summed E-state index contributed by atoms with van der Waals surface area (Å²) in [6.45, 7) is 1.94. The highest BCUT2D eigenvalue weighted by Gasteiger charge is 2.04. The fourth-order valence-corrected chi connectivity index (χ4v) is 1.51. The van der Waals surface area contributed by atoms with Crippen LogP contribution >= 0.6 is 11.6 Å². The summed E-state index contributed by atoms with van der Waals surface area (Å²) in [5, 5.41) is 10.4. The van der Waals surface area contributed by atoms with E-state index < -0.39 is 0 Å². The molecular weight excluding hydrogens is 184 g/mol. The number of nitrogens with one attached hydrogen (secondary N) is 1. The quantitative estimate of drug-likeness (QED) is 0.682. The SMILES string of the molecule is Cc1cc2[nH]cc(C#N)c2cc1Cl. The average molecular weight is 191 g/mol. The Morgan fingerprint density at radius 3 is 2.92 bits per heavy atom. The van der Waals surface area contributed by atoms with Gasteiger partial charge in [-0.25, -0.2) is 0 Å². The molecule has 2 aromatic rings. The fraction of sp³-hybridized carbons (Fsp3) is 0.100. The van der Waals surface area contributed by atoms with E-state index in [0.29, 0.717) is 10.6 Å². The number of H-pyrrole nitrogens is 1. The lowest BCUT2D eigenvalue weighted by Gasteiger charge is -1.97. The lowest BCUT2D eigenvalue weighted by atomic mass is 10.1. The van der Waals surface area contributed by atoms with Gasteiger partial charge in [-0.1, -0.05) is 11.6 Å². The van der Waals surface area contributed by atoms with Crippen LogP contribution in [-0.2, 0) is 0 Å². The Kier molecular flexibility index (Phi) is 1.75. The first kappa shape index (κ1) is 8.15. The van der Waals surface area contributed by atoms with Crippen molar-refractivity contribution in [3.05, 3.63) is 34.5 Å². The van der Waals surface area contributed by atoms with Crippen LogP contribution in [0.2, 0.25) is 5.02 Å². The molecule has 64 valence electrons. The lowest BCUT2D eigenvalue weighted by Crippen LogP contribution is -1.76. The van der Waals surface area contributed by atoms with E-state index in [4.69, 9.17) is 16.9 Å². The molecule has 0 spiro atoms. The van der Waals surface area contributed by atoms with Gasteiger partial charge >= 0.3 is 0 Å². The number of nitriles is 1. The van der Waals surface area contributed by atoms with Crippen molar-refractivity contribution in [2.24, 2.45) is 0 Å². The summed E-state index contributed by atoms with van der Waals surface area (Å²) >= 11 is 5.95. The summed E-state index contributed by atoms with van der Waals surface area (Å²) in [7, 11) is 0. The van der Waals surface area contributed by atoms with Gasteiger partial charge in [0.15, 0.2) is 0 Å². The second-order valence-electron chi connectivity index (χ2n) is 2.96. The summed E-state index contributed by atoms with van der Waals surface area (Å²) in [6.07, 6.45) is 1.69. The van der Waals surface area contributed by atoms with Crippen molar-refractivity contribution in [2.45, 2.75) is 6.92 Å². The molecule has 0 saturated heterocycles. The number of aromatic amines is 1. The Labute approximate surface area is 80.7 Å². The van der Waals surface area contributed by atoms with E-state index in [1.54, 1.807) is 6.20 Å². The largest absolute Gasteiger partial charge is 0.360 e. The van der Waals surface area contributed by atoms with E-state index in [2.05, 4.69) is 11.1 Å². The Morgan fingerprint density at radius 1 is 1.46 bits per heavy atom. The van der Waals surface area contributed by atoms with Crippen molar-refractivity contribution in [1.82, 2.24) is 4.98 Å². The Balaban J connectivity index is 2.86. The number of nitrogens with zero attached hydrogens (tertiary/aromatic N) is 1. The molecule has 1 N–H and O–H groups in total. The minimum atomic E-state index is 0.636. The van der Waals surface area contributed by atoms with E-state index in [1.807, 2.05) is 19.1 Å². The Morgan fingerprint density at radius 2 is 2.23 bits per heavy atom. The molecule has 0 amide bonds. The van der Waals surface area contributed by atoms with Crippen LogP contribution < -0.4 is 0 Å². The number of halogens is 1. The van der Waals surface area contributed by atoms with Gasteiger partial charge in [0.05, 0.1) is 5.56 Å². The zero-order chi connectivity index (χ0) is 9.42. The van der Waals surface area contributed by atoms with Gasteiger partial charge in [0.1, 0.15) is 6.07 Å². The fourth-order valence-electron chi connectivity index (χ4n) is 1.34. The van der Waals surface area contributed by atoms with Crippen LogP contribution in [0.4, 0.5) is 0 Å². The van der Waals surface area contributed by atoms with Crippen LogP contribution in [0.5, 0.6) is 0 Å². The van der Waals surface area contributed by atoms with Crippen molar-refractivity contribution in [3.63, 3.8) is 0 Å². The lowest BCUT2D eigenvalue weighted by molar-refractivity contribution is 1.43. The van der Waals surface area contributed by atoms with Gasteiger partial charge in [-0.3, -0.25) is 0 Å². The first-order valence-corrected chi connectivity index (χ1v) is 4.27. The van der Waals surface area contributed by atoms with Crippen LogP contribution in [0.1, 0.15) is 11.1 Å². The normalized spacial score (nSPS) is 10.2. The number of aryl methyl sites for hydroxylation is 1. The van der Waals surface area contributed by atoms with E-state index in [-0.39, 0.29) is 0 Å². The summed E-state index contributed by atoms with van der Waals surface area (Å²) in [5.74, 6) is 0. The molecule has 3 heteroatoms. The molecule has 2 rings (SSSR count). The van der Waals surface area contributed by atoms with E-state index >= 15 is 0 Å². The minimum Gasteiger partial charge on any atom is -0.360 e. The monoisotopic (exact) mass is 190 g/mol. The second-order valence-corrected chi connectivity index (χ2v) is 3.37. The number of aromatic nitrogens is 1. The number of rotatable bonds is 0. The molecule has 0 atom stereocenters. The van der Waals surface area contributed by atoms with Crippen LogP contribution in [0.25, 0.3) is 10.9 Å². The maximum absolute atomic E-state index is 8.77. The topological polar surface area (TPSA) is 39.6 Å². The van der Waals surface area contributed by atoms with Gasteiger partial charge in [0.2, 0.25) is 0 Å². The highest BCUT2D eigenvalue weighted by Crippen LogP contribution is 2.24. The van der Waals surface area contributed by atoms with Gasteiger partial charge in [0.25, 0.3) is 0 Å². The highest BCUT2D eigenvalue weighted by atomic mass is 35.5. The first-order chi connectivity index (χ1) is 6.22. The van der Waals surface area contributed by atoms with E-state index in [1.165, 1.54) is 0 Å². The Bertz CT molecular complexity index is 505. The molecule has 0 unspecified atom stereocenters. The van der Waals surface area contributed by atoms with Crippen molar-refractivity contribution in [1.29, 1.82) is 5.26 Å². The minimum absolute atomic E-state index is 0.636. The van der Waals surface area contributed by atoms with Crippen LogP contribution in [0, 0.1) is 18.3 Å². The molecule has 0 fully saturated rings. The van der Waals surface area contributed by atoms with Crippen molar-refractivity contribution in [2.75, 3.05) is 0 Å². The predicted molar refractivity (Wildman–Crippen MR) is 52.8 cm³/mol. The molecule has 0 aliphatic heterocycles. The van der Waals surface area contributed by atoms with Crippen molar-refractivity contribution in [3.8, 4) is 6.07 Å². The molecule has 0 saturated carbocycles. The average Bonchev–Trinajstić information content (AvgIpc) is 2.48. The van der Waals surface area contributed by atoms with Gasteiger partial charge < -0.3 is 4.98 Å². The van der Waals surface area contributed by atoms with Gasteiger partial charge in [0, 0.05) is 22.1 Å². The number of fused-ring (bicyclic) bond motifs is 1. The molecule has 0 bridgehead atoms. The number of benzene rings is 1. The van der Waals surface area contributed by atoms with E-state index in [9.17, 15) is 0 Å². The Hall–Kier alpha value is -1.46. The van der Waals surface area contributed by atoms with Crippen molar-refractivity contribution >= 4 is 22.5 Å². The zero-order valence-electron chi connectivity index (χ0n) is 7.06.